The summed E-state index contributed by atoms with van der Waals surface area (Å²) >= 11 is 7.31. The fourth-order valence-electron chi connectivity index (χ4n) is 1.52. The Balaban J connectivity index is 1.97. The number of hydrogen-bond acceptors (Lipinski definition) is 6. The van der Waals surface area contributed by atoms with Gasteiger partial charge >= 0.3 is 5.69 Å². The summed E-state index contributed by atoms with van der Waals surface area (Å²) in [4.78, 5) is 28.5. The van der Waals surface area contributed by atoms with Gasteiger partial charge < -0.3 is 10.3 Å². The molecule has 0 radical (unpaired) electrons. The van der Waals surface area contributed by atoms with E-state index in [1.807, 2.05) is 5.38 Å². The van der Waals surface area contributed by atoms with Crippen LogP contribution in [0.4, 0.5) is 5.82 Å². The Labute approximate surface area is 109 Å². The van der Waals surface area contributed by atoms with Gasteiger partial charge in [-0.1, -0.05) is 0 Å². The van der Waals surface area contributed by atoms with Crippen molar-refractivity contribution in [2.45, 2.75) is 6.54 Å². The van der Waals surface area contributed by atoms with Crippen LogP contribution in [0, 0.1) is 0 Å². The third-order valence-corrected chi connectivity index (χ3v) is 3.19. The van der Waals surface area contributed by atoms with Crippen LogP contribution in [0.3, 0.4) is 0 Å². The van der Waals surface area contributed by atoms with E-state index in [2.05, 4.69) is 30.2 Å². The van der Waals surface area contributed by atoms with E-state index in [4.69, 9.17) is 11.6 Å². The quantitative estimate of drug-likeness (QED) is 0.630. The first kappa shape index (κ1) is 11.2. The molecule has 0 fully saturated rings. The molecular formula is C9H7ClN6OS. The lowest BCUT2D eigenvalue weighted by Gasteiger charge is -2.04. The number of hydrogen-bond donors (Lipinski definition) is 3. The number of aromatic amines is 2. The summed E-state index contributed by atoms with van der Waals surface area (Å²) in [5.41, 5.74) is 0.529. The van der Waals surface area contributed by atoms with Gasteiger partial charge in [0.05, 0.1) is 6.54 Å². The summed E-state index contributed by atoms with van der Waals surface area (Å²) in [6, 6.07) is 0. The van der Waals surface area contributed by atoms with Crippen molar-refractivity contribution in [2.75, 3.05) is 5.32 Å². The van der Waals surface area contributed by atoms with E-state index in [9.17, 15) is 4.79 Å². The summed E-state index contributed by atoms with van der Waals surface area (Å²) < 4.78 is 0. The van der Waals surface area contributed by atoms with Crippen molar-refractivity contribution in [3.05, 3.63) is 32.4 Å². The molecule has 0 spiro atoms. The number of fused-ring (bicyclic) bond motifs is 1. The molecule has 92 valence electrons. The topological polar surface area (TPSA) is 99.3 Å². The Morgan fingerprint density at radius 2 is 2.28 bits per heavy atom. The minimum atomic E-state index is -0.348. The molecule has 0 aliphatic carbocycles. The van der Waals surface area contributed by atoms with Crippen LogP contribution in [0.15, 0.2) is 16.4 Å². The van der Waals surface area contributed by atoms with Gasteiger partial charge in [-0.25, -0.2) is 9.78 Å². The fraction of sp³-hybridized carbons (Fsp3) is 0.111. The molecule has 0 bridgehead atoms. The van der Waals surface area contributed by atoms with E-state index in [0.29, 0.717) is 23.5 Å². The van der Waals surface area contributed by atoms with Crippen molar-refractivity contribution in [3.8, 4) is 0 Å². The van der Waals surface area contributed by atoms with Gasteiger partial charge in [-0.3, -0.25) is 4.98 Å². The van der Waals surface area contributed by atoms with Crippen LogP contribution >= 0.6 is 22.9 Å². The van der Waals surface area contributed by atoms with Gasteiger partial charge in [0.15, 0.2) is 11.5 Å². The molecule has 0 amide bonds. The zero-order valence-corrected chi connectivity index (χ0v) is 10.5. The van der Waals surface area contributed by atoms with E-state index in [0.717, 1.165) is 5.01 Å². The molecule has 0 aliphatic heterocycles. The number of nitrogens with one attached hydrogen (secondary N) is 3. The zero-order chi connectivity index (χ0) is 12.5. The van der Waals surface area contributed by atoms with Crippen molar-refractivity contribution in [3.63, 3.8) is 0 Å². The Morgan fingerprint density at radius 3 is 3.06 bits per heavy atom. The Kier molecular flexibility index (Phi) is 2.73. The highest BCUT2D eigenvalue weighted by Gasteiger charge is 2.09. The number of imidazole rings is 1. The van der Waals surface area contributed by atoms with Crippen molar-refractivity contribution >= 4 is 39.9 Å². The van der Waals surface area contributed by atoms with Gasteiger partial charge in [0.25, 0.3) is 0 Å². The molecule has 9 heteroatoms. The maximum atomic E-state index is 11.2. The van der Waals surface area contributed by atoms with Gasteiger partial charge in [0.2, 0.25) is 5.28 Å². The monoisotopic (exact) mass is 282 g/mol. The minimum Gasteiger partial charge on any atom is -0.362 e. The molecule has 7 nitrogen and oxygen atoms in total. The molecule has 0 saturated heterocycles. The van der Waals surface area contributed by atoms with Crippen LogP contribution in [0.5, 0.6) is 0 Å². The van der Waals surface area contributed by atoms with Gasteiger partial charge in [0.1, 0.15) is 10.5 Å². The van der Waals surface area contributed by atoms with Gasteiger partial charge in [-0.15, -0.1) is 11.3 Å². The summed E-state index contributed by atoms with van der Waals surface area (Å²) in [5.74, 6) is 0.471. The molecular weight excluding hydrogens is 276 g/mol. The van der Waals surface area contributed by atoms with E-state index >= 15 is 0 Å². The summed E-state index contributed by atoms with van der Waals surface area (Å²) in [7, 11) is 0. The molecule has 18 heavy (non-hydrogen) atoms. The number of aromatic nitrogens is 5. The van der Waals surface area contributed by atoms with Gasteiger partial charge in [-0.05, 0) is 11.6 Å². The third-order valence-electron chi connectivity index (χ3n) is 2.24. The zero-order valence-electron chi connectivity index (χ0n) is 8.90. The van der Waals surface area contributed by atoms with Gasteiger partial charge in [-0.2, -0.15) is 9.97 Å². The van der Waals surface area contributed by atoms with Crippen molar-refractivity contribution in [2.24, 2.45) is 0 Å². The molecule has 3 N–H and O–H groups in total. The first-order chi connectivity index (χ1) is 8.72. The standard InChI is InChI=1S/C9H7ClN6OS/c10-8-14-6(12-3-4-11-1-2-18-4)5-7(15-8)16-9(17)13-5/h1-2H,3H2,(H3,12,13,14,15,16,17). The summed E-state index contributed by atoms with van der Waals surface area (Å²) in [6.07, 6.45) is 1.72. The molecule has 3 aromatic rings. The fourth-order valence-corrected chi connectivity index (χ4v) is 2.25. The Hall–Kier alpha value is -1.93. The first-order valence-electron chi connectivity index (χ1n) is 5.00. The van der Waals surface area contributed by atoms with Crippen molar-refractivity contribution < 1.29 is 0 Å². The molecule has 3 aromatic heterocycles. The second kappa shape index (κ2) is 4.39. The smallest absolute Gasteiger partial charge is 0.325 e. The lowest BCUT2D eigenvalue weighted by Crippen LogP contribution is -2.03. The van der Waals surface area contributed by atoms with Gasteiger partial charge in [0, 0.05) is 11.6 Å². The van der Waals surface area contributed by atoms with Crippen molar-refractivity contribution in [1.29, 1.82) is 0 Å². The third kappa shape index (κ3) is 2.07. The number of nitrogens with zero attached hydrogens (tertiary/aromatic N) is 3. The average molecular weight is 283 g/mol. The van der Waals surface area contributed by atoms with E-state index < -0.39 is 0 Å². The second-order valence-corrected chi connectivity index (χ2v) is 4.74. The van der Waals surface area contributed by atoms with Crippen LogP contribution < -0.4 is 11.0 Å². The lowest BCUT2D eigenvalue weighted by atomic mass is 10.5. The Bertz CT molecular complexity index is 733. The average Bonchev–Trinajstić information content (AvgIpc) is 2.93. The summed E-state index contributed by atoms with van der Waals surface area (Å²) in [5, 5.41) is 5.93. The van der Waals surface area contributed by atoms with Crippen LogP contribution in [0.25, 0.3) is 11.2 Å². The van der Waals surface area contributed by atoms with Crippen LogP contribution in [-0.2, 0) is 6.54 Å². The molecule has 0 aromatic carbocycles. The number of thiazole rings is 1. The number of H-pyrrole nitrogens is 2. The molecule has 0 unspecified atom stereocenters. The maximum absolute atomic E-state index is 11.2. The predicted octanol–water partition coefficient (Wildman–Crippen LogP) is 1.37. The molecule has 3 heterocycles. The normalized spacial score (nSPS) is 10.9. The highest BCUT2D eigenvalue weighted by Crippen LogP contribution is 2.18. The number of rotatable bonds is 3. The lowest BCUT2D eigenvalue weighted by molar-refractivity contribution is 1.07. The highest BCUT2D eigenvalue weighted by atomic mass is 35.5. The highest BCUT2D eigenvalue weighted by molar-refractivity contribution is 7.09. The van der Waals surface area contributed by atoms with E-state index in [-0.39, 0.29) is 11.0 Å². The summed E-state index contributed by atoms with van der Waals surface area (Å²) in [6.45, 7) is 0.507. The van der Waals surface area contributed by atoms with E-state index in [1.165, 1.54) is 11.3 Å². The SMILES string of the molecule is O=c1[nH]c2nc(Cl)nc(NCc3nccs3)c2[nH]1. The molecule has 3 rings (SSSR count). The molecule has 0 saturated carbocycles. The molecule has 0 aliphatic rings. The van der Waals surface area contributed by atoms with Crippen molar-refractivity contribution in [1.82, 2.24) is 24.9 Å². The molecule has 0 atom stereocenters. The Morgan fingerprint density at radius 1 is 1.39 bits per heavy atom. The van der Waals surface area contributed by atoms with E-state index in [1.54, 1.807) is 6.20 Å². The van der Waals surface area contributed by atoms with Crippen LogP contribution in [-0.4, -0.2) is 24.9 Å². The predicted molar refractivity (Wildman–Crippen MR) is 69.0 cm³/mol. The van der Waals surface area contributed by atoms with Crippen LogP contribution in [0.2, 0.25) is 5.28 Å². The number of anilines is 1. The second-order valence-electron chi connectivity index (χ2n) is 3.42. The number of halogens is 1. The largest absolute Gasteiger partial charge is 0.362 e. The maximum Gasteiger partial charge on any atom is 0.325 e. The van der Waals surface area contributed by atoms with Crippen LogP contribution in [0.1, 0.15) is 5.01 Å². The minimum absolute atomic E-state index is 0.0689. The first-order valence-corrected chi connectivity index (χ1v) is 6.26.